The van der Waals surface area contributed by atoms with Crippen LogP contribution in [0.25, 0.3) is 11.0 Å². The van der Waals surface area contributed by atoms with Gasteiger partial charge in [-0.2, -0.15) is 5.26 Å². The zero-order valence-corrected chi connectivity index (χ0v) is 19.7. The van der Waals surface area contributed by atoms with Crippen molar-refractivity contribution in [1.29, 1.82) is 5.26 Å². The third-order valence-electron chi connectivity index (χ3n) is 7.15. The van der Waals surface area contributed by atoms with Crippen molar-refractivity contribution in [3.63, 3.8) is 0 Å². The molecule has 1 aliphatic rings. The highest BCUT2D eigenvalue weighted by Gasteiger charge is 2.35. The largest absolute Gasteiger partial charge is 0.341 e. The first-order chi connectivity index (χ1) is 15.5. The van der Waals surface area contributed by atoms with Crippen molar-refractivity contribution >= 4 is 17.0 Å². The molecular weight excluding hydrogens is 394 g/mol. The van der Waals surface area contributed by atoms with E-state index in [1.165, 1.54) is 5.52 Å². The minimum atomic E-state index is -0.411. The van der Waals surface area contributed by atoms with Gasteiger partial charge in [0.1, 0.15) is 0 Å². The van der Waals surface area contributed by atoms with Crippen LogP contribution in [-0.2, 0) is 12.5 Å². The molecule has 0 amide bonds. The van der Waals surface area contributed by atoms with E-state index in [-0.39, 0.29) is 5.92 Å². The van der Waals surface area contributed by atoms with E-state index in [0.29, 0.717) is 0 Å². The van der Waals surface area contributed by atoms with Gasteiger partial charge in [0.05, 0.1) is 22.5 Å². The van der Waals surface area contributed by atoms with Crippen LogP contribution < -0.4 is 4.90 Å². The van der Waals surface area contributed by atoms with E-state index in [9.17, 15) is 5.26 Å². The molecule has 0 spiro atoms. The van der Waals surface area contributed by atoms with Gasteiger partial charge in [0.2, 0.25) is 5.95 Å². The molecule has 0 radical (unpaired) electrons. The summed E-state index contributed by atoms with van der Waals surface area (Å²) in [5.74, 6) is 1.35. The molecule has 5 nitrogen and oxygen atoms in total. The molecule has 0 aliphatic carbocycles. The van der Waals surface area contributed by atoms with Crippen molar-refractivity contribution in [2.45, 2.75) is 38.5 Å². The lowest BCUT2D eigenvalue weighted by Crippen LogP contribution is -2.35. The minimum absolute atomic E-state index is 0.284. The lowest BCUT2D eigenvalue weighted by atomic mass is 9.70. The fourth-order valence-corrected chi connectivity index (χ4v) is 5.14. The molecular formula is C27H35N5. The molecule has 2 heterocycles. The Kier molecular flexibility index (Phi) is 6.81. The van der Waals surface area contributed by atoms with Crippen molar-refractivity contribution in [3.8, 4) is 6.07 Å². The van der Waals surface area contributed by atoms with Crippen LogP contribution in [-0.4, -0.2) is 47.2 Å². The summed E-state index contributed by atoms with van der Waals surface area (Å²) in [6.07, 6.45) is 3.07. The molecule has 1 unspecified atom stereocenters. The van der Waals surface area contributed by atoms with E-state index < -0.39 is 5.41 Å². The maximum atomic E-state index is 10.1. The van der Waals surface area contributed by atoms with E-state index in [2.05, 4.69) is 77.7 Å². The Bertz CT molecular complexity index is 1060. The Labute approximate surface area is 192 Å². The normalized spacial score (nSPS) is 17.3. The second-order valence-electron chi connectivity index (χ2n) is 9.35. The van der Waals surface area contributed by atoms with Crippen LogP contribution in [0.3, 0.4) is 0 Å². The number of rotatable bonds is 7. The molecule has 168 valence electrons. The summed E-state index contributed by atoms with van der Waals surface area (Å²) in [6.45, 7) is 9.56. The summed E-state index contributed by atoms with van der Waals surface area (Å²) in [5.41, 5.74) is 2.99. The number of imidazole rings is 1. The SMILES string of the molecule is CC(C)C(C#N)(CCCN1CCCN(c2nc3ccccc3n2C)CC1)c1ccccc1. The van der Waals surface area contributed by atoms with E-state index in [4.69, 9.17) is 4.98 Å². The zero-order chi connectivity index (χ0) is 22.6. The summed E-state index contributed by atoms with van der Waals surface area (Å²) in [6, 6.07) is 21.4. The van der Waals surface area contributed by atoms with Crippen molar-refractivity contribution in [1.82, 2.24) is 14.5 Å². The molecule has 2 aromatic carbocycles. The molecule has 1 atom stereocenters. The van der Waals surface area contributed by atoms with E-state index in [1.807, 2.05) is 18.2 Å². The third kappa shape index (κ3) is 4.38. The average Bonchev–Trinajstić information content (AvgIpc) is 2.98. The van der Waals surface area contributed by atoms with Crippen molar-refractivity contribution < 1.29 is 0 Å². The van der Waals surface area contributed by atoms with Gasteiger partial charge in [-0.15, -0.1) is 0 Å². The third-order valence-corrected chi connectivity index (χ3v) is 7.15. The second kappa shape index (κ2) is 9.75. The molecule has 0 bridgehead atoms. The first-order valence-corrected chi connectivity index (χ1v) is 11.9. The Morgan fingerprint density at radius 1 is 1.00 bits per heavy atom. The fourth-order valence-electron chi connectivity index (χ4n) is 5.14. The van der Waals surface area contributed by atoms with Crippen LogP contribution in [0.5, 0.6) is 0 Å². The molecule has 0 N–H and O–H groups in total. The number of anilines is 1. The number of hydrogen-bond acceptors (Lipinski definition) is 4. The maximum Gasteiger partial charge on any atom is 0.206 e. The monoisotopic (exact) mass is 429 g/mol. The summed E-state index contributed by atoms with van der Waals surface area (Å²) in [4.78, 5) is 9.89. The summed E-state index contributed by atoms with van der Waals surface area (Å²) in [7, 11) is 2.12. The summed E-state index contributed by atoms with van der Waals surface area (Å²) >= 11 is 0. The van der Waals surface area contributed by atoms with Gasteiger partial charge in [0.15, 0.2) is 0 Å². The Hall–Kier alpha value is -2.84. The van der Waals surface area contributed by atoms with Crippen LogP contribution in [0.1, 0.15) is 38.7 Å². The molecule has 1 aliphatic heterocycles. The van der Waals surface area contributed by atoms with E-state index in [1.54, 1.807) is 0 Å². The maximum absolute atomic E-state index is 10.1. The molecule has 4 rings (SSSR count). The number of para-hydroxylation sites is 2. The Morgan fingerprint density at radius 3 is 2.47 bits per heavy atom. The number of hydrogen-bond donors (Lipinski definition) is 0. The van der Waals surface area contributed by atoms with Gasteiger partial charge in [0, 0.05) is 26.7 Å². The molecule has 32 heavy (non-hydrogen) atoms. The van der Waals surface area contributed by atoms with E-state index in [0.717, 1.165) is 69.0 Å². The topological polar surface area (TPSA) is 48.1 Å². The number of aromatic nitrogens is 2. The summed E-state index contributed by atoms with van der Waals surface area (Å²) < 4.78 is 2.22. The van der Waals surface area contributed by atoms with Crippen LogP contribution >= 0.6 is 0 Å². The highest BCUT2D eigenvalue weighted by molar-refractivity contribution is 5.78. The lowest BCUT2D eigenvalue weighted by Gasteiger charge is -2.32. The molecule has 0 saturated carbocycles. The van der Waals surface area contributed by atoms with Gasteiger partial charge >= 0.3 is 0 Å². The van der Waals surface area contributed by atoms with Crippen LogP contribution in [0.4, 0.5) is 5.95 Å². The van der Waals surface area contributed by atoms with Gasteiger partial charge in [-0.05, 0) is 56.0 Å². The highest BCUT2D eigenvalue weighted by atomic mass is 15.3. The van der Waals surface area contributed by atoms with Gasteiger partial charge in [-0.1, -0.05) is 56.3 Å². The standard InChI is InChI=1S/C27H35N5/c1-22(2)27(21-28,23-11-5-4-6-12-23)15-9-16-31-17-10-18-32(20-19-31)26-29-24-13-7-8-14-25(24)30(26)3/h4-8,11-14,22H,9-10,15-20H2,1-3H3. The quantitative estimate of drug-likeness (QED) is 0.531. The minimum Gasteiger partial charge on any atom is -0.341 e. The van der Waals surface area contributed by atoms with Gasteiger partial charge in [-0.25, -0.2) is 4.98 Å². The predicted molar refractivity (Wildman–Crippen MR) is 132 cm³/mol. The van der Waals surface area contributed by atoms with Gasteiger partial charge < -0.3 is 14.4 Å². The van der Waals surface area contributed by atoms with Crippen molar-refractivity contribution in [2.24, 2.45) is 13.0 Å². The Morgan fingerprint density at radius 2 is 1.75 bits per heavy atom. The van der Waals surface area contributed by atoms with Crippen LogP contribution in [0.2, 0.25) is 0 Å². The molecule has 5 heteroatoms. The number of aryl methyl sites for hydroxylation is 1. The molecule has 1 saturated heterocycles. The predicted octanol–water partition coefficient (Wildman–Crippen LogP) is 4.98. The molecule has 1 aromatic heterocycles. The van der Waals surface area contributed by atoms with Crippen LogP contribution in [0.15, 0.2) is 54.6 Å². The number of fused-ring (bicyclic) bond motifs is 1. The number of nitrogens with zero attached hydrogens (tertiary/aromatic N) is 5. The second-order valence-corrected chi connectivity index (χ2v) is 9.35. The average molecular weight is 430 g/mol. The zero-order valence-electron chi connectivity index (χ0n) is 19.7. The number of benzene rings is 2. The highest BCUT2D eigenvalue weighted by Crippen LogP contribution is 2.36. The smallest absolute Gasteiger partial charge is 0.206 e. The molecule has 3 aromatic rings. The molecule has 1 fully saturated rings. The first kappa shape index (κ1) is 22.4. The number of nitriles is 1. The summed E-state index contributed by atoms with van der Waals surface area (Å²) in [5, 5.41) is 10.1. The Balaban J connectivity index is 1.38. The lowest BCUT2D eigenvalue weighted by molar-refractivity contribution is 0.265. The van der Waals surface area contributed by atoms with Gasteiger partial charge in [0.25, 0.3) is 0 Å². The van der Waals surface area contributed by atoms with Crippen molar-refractivity contribution in [3.05, 3.63) is 60.2 Å². The fraction of sp³-hybridized carbons (Fsp3) is 0.481. The van der Waals surface area contributed by atoms with E-state index >= 15 is 0 Å². The van der Waals surface area contributed by atoms with Crippen LogP contribution in [0, 0.1) is 17.2 Å². The first-order valence-electron chi connectivity index (χ1n) is 11.9. The van der Waals surface area contributed by atoms with Crippen molar-refractivity contribution in [2.75, 3.05) is 37.6 Å². The van der Waals surface area contributed by atoms with Gasteiger partial charge in [-0.3, -0.25) is 0 Å².